The molecule has 2 aromatic rings. The van der Waals surface area contributed by atoms with Crippen LogP contribution in [0, 0.1) is 19.8 Å². The summed E-state index contributed by atoms with van der Waals surface area (Å²) in [6.45, 7) is 5.01. The van der Waals surface area contributed by atoms with Crippen LogP contribution >= 0.6 is 0 Å². The lowest BCUT2D eigenvalue weighted by atomic mass is 9.94. The molecule has 2 amide bonds. The zero-order valence-electron chi connectivity index (χ0n) is 15.0. The average molecular weight is 354 g/mol. The molecule has 2 atom stereocenters. The first-order valence-electron chi connectivity index (χ1n) is 8.97. The number of amides is 2. The Hall–Kier alpha value is -2.70. The highest BCUT2D eigenvalue weighted by atomic mass is 16.5. The maximum absolute atomic E-state index is 13.0. The van der Waals surface area contributed by atoms with Gasteiger partial charge in [0.2, 0.25) is 5.91 Å². The summed E-state index contributed by atoms with van der Waals surface area (Å²) in [7, 11) is 0. The quantitative estimate of drug-likeness (QED) is 0.842. The van der Waals surface area contributed by atoms with Crippen molar-refractivity contribution in [2.75, 3.05) is 13.1 Å². The third kappa shape index (κ3) is 2.87. The van der Waals surface area contributed by atoms with Crippen LogP contribution in [0.15, 0.2) is 28.9 Å². The maximum Gasteiger partial charge on any atom is 0.259 e. The van der Waals surface area contributed by atoms with Crippen molar-refractivity contribution in [2.45, 2.75) is 39.3 Å². The minimum atomic E-state index is -0.151. The van der Waals surface area contributed by atoms with Crippen LogP contribution in [0.5, 0.6) is 0 Å². The monoisotopic (exact) mass is 354 g/mol. The Morgan fingerprint density at radius 1 is 1.27 bits per heavy atom. The number of carbonyl (C=O) groups excluding carboxylic acids is 2. The van der Waals surface area contributed by atoms with Crippen LogP contribution in [-0.4, -0.2) is 50.9 Å². The first-order chi connectivity index (χ1) is 12.5. The van der Waals surface area contributed by atoms with Gasteiger partial charge in [-0.15, -0.1) is 0 Å². The number of pyridine rings is 1. The molecule has 0 spiro atoms. The largest absolute Gasteiger partial charge is 0.361 e. The van der Waals surface area contributed by atoms with Crippen molar-refractivity contribution in [1.29, 1.82) is 0 Å². The first-order valence-corrected chi connectivity index (χ1v) is 8.97. The molecule has 0 aliphatic carbocycles. The summed E-state index contributed by atoms with van der Waals surface area (Å²) < 4.78 is 5.15. The molecule has 7 heteroatoms. The van der Waals surface area contributed by atoms with Gasteiger partial charge in [-0.05, 0) is 38.8 Å². The lowest BCUT2D eigenvalue weighted by Gasteiger charge is -2.35. The summed E-state index contributed by atoms with van der Waals surface area (Å²) >= 11 is 0. The number of piperidine rings is 1. The van der Waals surface area contributed by atoms with E-state index in [4.69, 9.17) is 4.52 Å². The molecule has 0 unspecified atom stereocenters. The molecule has 0 saturated carbocycles. The van der Waals surface area contributed by atoms with Crippen LogP contribution in [0.25, 0.3) is 0 Å². The number of hydrogen-bond donors (Lipinski definition) is 0. The number of carbonyl (C=O) groups is 2. The molecule has 26 heavy (non-hydrogen) atoms. The summed E-state index contributed by atoms with van der Waals surface area (Å²) in [6, 6.07) is 5.74. The minimum absolute atomic E-state index is 0.0210. The van der Waals surface area contributed by atoms with E-state index in [0.717, 1.165) is 18.5 Å². The Kier molecular flexibility index (Phi) is 4.22. The average Bonchev–Trinajstić information content (AvgIpc) is 2.82. The van der Waals surface area contributed by atoms with Gasteiger partial charge in [-0.3, -0.25) is 14.6 Å². The molecular formula is C19H22N4O3. The lowest BCUT2D eigenvalue weighted by molar-refractivity contribution is -0.140. The molecule has 136 valence electrons. The zero-order valence-corrected chi connectivity index (χ0v) is 15.0. The van der Waals surface area contributed by atoms with E-state index in [1.807, 2.05) is 23.1 Å². The fourth-order valence-electron chi connectivity index (χ4n) is 4.03. The number of rotatable bonds is 3. The third-order valence-corrected chi connectivity index (χ3v) is 5.39. The Morgan fingerprint density at radius 3 is 2.81 bits per heavy atom. The van der Waals surface area contributed by atoms with E-state index in [2.05, 4.69) is 10.1 Å². The molecule has 5 heterocycles. The van der Waals surface area contributed by atoms with Crippen LogP contribution in [0.4, 0.5) is 0 Å². The van der Waals surface area contributed by atoms with Gasteiger partial charge in [0, 0.05) is 25.3 Å². The SMILES string of the molecule is Cc1noc(C)c1C(=O)N1C[C@@H]2CC[C@H](C1)N(Cc1ccccn1)C2=O. The van der Waals surface area contributed by atoms with Crippen molar-refractivity contribution >= 4 is 11.8 Å². The van der Waals surface area contributed by atoms with E-state index in [9.17, 15) is 9.59 Å². The van der Waals surface area contributed by atoms with E-state index in [0.29, 0.717) is 36.7 Å². The fraction of sp³-hybridized carbons (Fsp3) is 0.474. The van der Waals surface area contributed by atoms with E-state index < -0.39 is 0 Å². The highest BCUT2D eigenvalue weighted by molar-refractivity contribution is 5.96. The van der Waals surface area contributed by atoms with Gasteiger partial charge in [0.1, 0.15) is 11.3 Å². The van der Waals surface area contributed by atoms with Crippen molar-refractivity contribution in [3.63, 3.8) is 0 Å². The highest BCUT2D eigenvalue weighted by Gasteiger charge is 2.42. The van der Waals surface area contributed by atoms with E-state index in [1.54, 1.807) is 24.9 Å². The summed E-state index contributed by atoms with van der Waals surface area (Å²) in [5.41, 5.74) is 1.99. The summed E-state index contributed by atoms with van der Waals surface area (Å²) in [5.74, 6) is 0.411. The van der Waals surface area contributed by atoms with Gasteiger partial charge in [0.05, 0.1) is 23.9 Å². The van der Waals surface area contributed by atoms with Gasteiger partial charge in [-0.1, -0.05) is 11.2 Å². The van der Waals surface area contributed by atoms with Crippen molar-refractivity contribution in [2.24, 2.45) is 5.92 Å². The van der Waals surface area contributed by atoms with Crippen molar-refractivity contribution < 1.29 is 14.1 Å². The normalized spacial score (nSPS) is 22.6. The van der Waals surface area contributed by atoms with Gasteiger partial charge in [0.15, 0.2) is 0 Å². The Morgan fingerprint density at radius 2 is 2.12 bits per heavy atom. The Balaban J connectivity index is 1.58. The lowest BCUT2D eigenvalue weighted by Crippen LogP contribution is -2.47. The number of fused-ring (bicyclic) bond motifs is 4. The number of aryl methyl sites for hydroxylation is 2. The van der Waals surface area contributed by atoms with Gasteiger partial charge < -0.3 is 14.3 Å². The molecule has 2 aromatic heterocycles. The van der Waals surface area contributed by atoms with E-state index in [1.165, 1.54) is 0 Å². The number of aromatic nitrogens is 2. The molecule has 2 bridgehead atoms. The highest BCUT2D eigenvalue weighted by Crippen LogP contribution is 2.31. The predicted molar refractivity (Wildman–Crippen MR) is 93.2 cm³/mol. The van der Waals surface area contributed by atoms with Gasteiger partial charge >= 0.3 is 0 Å². The molecule has 3 fully saturated rings. The van der Waals surface area contributed by atoms with Crippen LogP contribution in [0.2, 0.25) is 0 Å². The molecule has 0 radical (unpaired) electrons. The van der Waals surface area contributed by atoms with Crippen molar-refractivity contribution in [3.8, 4) is 0 Å². The van der Waals surface area contributed by atoms with Crippen LogP contribution in [-0.2, 0) is 11.3 Å². The molecule has 3 aliphatic heterocycles. The molecule has 3 aliphatic rings. The summed E-state index contributed by atoms with van der Waals surface area (Å²) in [6.07, 6.45) is 3.48. The minimum Gasteiger partial charge on any atom is -0.361 e. The molecule has 3 saturated heterocycles. The smallest absolute Gasteiger partial charge is 0.259 e. The summed E-state index contributed by atoms with van der Waals surface area (Å²) in [5, 5.41) is 3.89. The third-order valence-electron chi connectivity index (χ3n) is 5.39. The van der Waals surface area contributed by atoms with Gasteiger partial charge in [0.25, 0.3) is 5.91 Å². The fourth-order valence-corrected chi connectivity index (χ4v) is 4.03. The van der Waals surface area contributed by atoms with Crippen molar-refractivity contribution in [3.05, 3.63) is 47.1 Å². The van der Waals surface area contributed by atoms with Crippen LogP contribution in [0.1, 0.15) is 40.3 Å². The standard InChI is InChI=1S/C19H22N4O3/c1-12-17(13(2)26-21-12)19(25)22-9-14-6-7-16(11-22)23(18(14)24)10-15-5-3-4-8-20-15/h3-5,8,14,16H,6-7,9-11H2,1-2H3/t14-,16+/m0/s1. The Labute approximate surface area is 152 Å². The Bertz CT molecular complexity index is 813. The van der Waals surface area contributed by atoms with E-state index >= 15 is 0 Å². The predicted octanol–water partition coefficient (Wildman–Crippen LogP) is 1.95. The van der Waals surface area contributed by atoms with Crippen LogP contribution in [0.3, 0.4) is 0 Å². The molecule has 5 rings (SSSR count). The van der Waals surface area contributed by atoms with Crippen LogP contribution < -0.4 is 0 Å². The second kappa shape index (κ2) is 6.55. The van der Waals surface area contributed by atoms with Crippen molar-refractivity contribution in [1.82, 2.24) is 19.9 Å². The first kappa shape index (κ1) is 16.8. The number of hydrogen-bond acceptors (Lipinski definition) is 5. The topological polar surface area (TPSA) is 79.5 Å². The molecule has 0 aromatic carbocycles. The molecule has 7 nitrogen and oxygen atoms in total. The van der Waals surface area contributed by atoms with Gasteiger partial charge in [-0.2, -0.15) is 0 Å². The molecule has 0 N–H and O–H groups in total. The van der Waals surface area contributed by atoms with Gasteiger partial charge in [-0.25, -0.2) is 0 Å². The zero-order chi connectivity index (χ0) is 18.3. The maximum atomic E-state index is 13.0. The second-order valence-electron chi connectivity index (χ2n) is 7.12. The summed E-state index contributed by atoms with van der Waals surface area (Å²) in [4.78, 5) is 34.0. The van der Waals surface area contributed by atoms with E-state index in [-0.39, 0.29) is 23.8 Å². The number of nitrogens with zero attached hydrogens (tertiary/aromatic N) is 4. The molecular weight excluding hydrogens is 332 g/mol. The second-order valence-corrected chi connectivity index (χ2v) is 7.12.